The molecule has 1 amide bonds. The van der Waals surface area contributed by atoms with Crippen LogP contribution in [0.5, 0.6) is 5.75 Å². The van der Waals surface area contributed by atoms with E-state index in [-0.39, 0.29) is 12.4 Å². The van der Waals surface area contributed by atoms with Gasteiger partial charge in [0.05, 0.1) is 16.6 Å². The first-order valence-corrected chi connectivity index (χ1v) is 15.2. The number of anilines is 2. The number of benzene rings is 3. The van der Waals surface area contributed by atoms with Gasteiger partial charge >= 0.3 is 0 Å². The van der Waals surface area contributed by atoms with Crippen LogP contribution in [0.2, 0.25) is 5.02 Å². The molecule has 5 aromatic rings. The van der Waals surface area contributed by atoms with Gasteiger partial charge in [-0.1, -0.05) is 23.7 Å². The molecule has 3 aromatic carbocycles. The van der Waals surface area contributed by atoms with Gasteiger partial charge < -0.3 is 19.8 Å². The lowest BCUT2D eigenvalue weighted by atomic mass is 10.1. The zero-order valence-electron chi connectivity index (χ0n) is 22.6. The summed E-state index contributed by atoms with van der Waals surface area (Å²) in [5.74, 6) is 0.488. The largest absolute Gasteiger partial charge is 0.487 e. The Morgan fingerprint density at radius 1 is 1.07 bits per heavy atom. The van der Waals surface area contributed by atoms with Crippen LogP contribution in [0.25, 0.3) is 22.2 Å². The molecule has 0 saturated carbocycles. The van der Waals surface area contributed by atoms with Crippen LogP contribution in [-0.2, 0) is 21.2 Å². The van der Waals surface area contributed by atoms with Gasteiger partial charge in [-0.25, -0.2) is 22.8 Å². The second-order valence-electron chi connectivity index (χ2n) is 9.70. The Morgan fingerprint density at radius 3 is 2.67 bits per heavy atom. The number of carbonyl (C=O) groups is 1. The number of amides is 1. The maximum Gasteiger partial charge on any atom is 0.235 e. The fourth-order valence-corrected chi connectivity index (χ4v) is 5.06. The molecule has 1 unspecified atom stereocenters. The van der Waals surface area contributed by atoms with Gasteiger partial charge in [0.25, 0.3) is 0 Å². The Kier molecular flexibility index (Phi) is 8.41. The predicted octanol–water partition coefficient (Wildman–Crippen LogP) is 6.23. The standard InChI is InChI=1S/C30H26ClFN4O5S/c1-18(35-29(37)16-42(2,38)39)26-10-11-27(41-26)20-6-8-25-23(13-20)30(34-17-33-25)36-22-7-9-28(24(31)14-22)40-15-19-4-3-5-21(32)12-19/h3-14,17-18H,15-16H2,1-2H3,(H,35,37)(H,33,34,36). The van der Waals surface area contributed by atoms with Crippen molar-refractivity contribution in [3.8, 4) is 17.1 Å². The highest BCUT2D eigenvalue weighted by Gasteiger charge is 2.18. The van der Waals surface area contributed by atoms with E-state index in [1.54, 1.807) is 49.4 Å². The molecule has 12 heteroatoms. The monoisotopic (exact) mass is 608 g/mol. The molecule has 42 heavy (non-hydrogen) atoms. The summed E-state index contributed by atoms with van der Waals surface area (Å²) in [5.41, 5.74) is 2.81. The minimum Gasteiger partial charge on any atom is -0.487 e. The van der Waals surface area contributed by atoms with Crippen molar-refractivity contribution in [2.45, 2.75) is 19.6 Å². The van der Waals surface area contributed by atoms with E-state index in [1.807, 2.05) is 18.2 Å². The number of carbonyl (C=O) groups excluding carboxylic acids is 1. The van der Waals surface area contributed by atoms with Crippen molar-refractivity contribution < 1.29 is 26.8 Å². The van der Waals surface area contributed by atoms with E-state index in [0.717, 1.165) is 17.2 Å². The number of hydrogen-bond donors (Lipinski definition) is 2. The van der Waals surface area contributed by atoms with E-state index in [1.165, 1.54) is 18.5 Å². The number of hydrogen-bond acceptors (Lipinski definition) is 8. The first kappa shape index (κ1) is 29.0. The van der Waals surface area contributed by atoms with Crippen LogP contribution in [0.1, 0.15) is 24.3 Å². The van der Waals surface area contributed by atoms with E-state index >= 15 is 0 Å². The third-order valence-electron chi connectivity index (χ3n) is 6.22. The summed E-state index contributed by atoms with van der Waals surface area (Å²) in [5, 5.41) is 7.00. The molecular formula is C30H26ClFN4O5S. The van der Waals surface area contributed by atoms with Crippen molar-refractivity contribution in [2.24, 2.45) is 0 Å². The Labute approximate surface area is 246 Å². The third-order valence-corrected chi connectivity index (χ3v) is 7.30. The Balaban J connectivity index is 1.32. The van der Waals surface area contributed by atoms with Crippen LogP contribution in [-0.4, -0.2) is 36.3 Å². The second kappa shape index (κ2) is 12.2. The van der Waals surface area contributed by atoms with Crippen molar-refractivity contribution in [1.82, 2.24) is 15.3 Å². The predicted molar refractivity (Wildman–Crippen MR) is 159 cm³/mol. The molecule has 0 fully saturated rings. The lowest BCUT2D eigenvalue weighted by Crippen LogP contribution is -2.31. The minimum absolute atomic E-state index is 0.171. The SMILES string of the molecule is CC(NC(=O)CS(C)(=O)=O)c1ccc(-c2ccc3ncnc(Nc4ccc(OCc5cccc(F)c5)c(Cl)c4)c3c2)o1. The van der Waals surface area contributed by atoms with Crippen molar-refractivity contribution in [2.75, 3.05) is 17.3 Å². The lowest BCUT2D eigenvalue weighted by Gasteiger charge is -2.12. The molecule has 0 aliphatic carbocycles. The first-order chi connectivity index (χ1) is 20.0. The van der Waals surface area contributed by atoms with Gasteiger partial charge in [-0.3, -0.25) is 4.79 Å². The van der Waals surface area contributed by atoms with Gasteiger partial charge in [0.15, 0.2) is 9.84 Å². The van der Waals surface area contributed by atoms with E-state index in [2.05, 4.69) is 20.6 Å². The van der Waals surface area contributed by atoms with Gasteiger partial charge in [0, 0.05) is 22.9 Å². The normalized spacial score (nSPS) is 12.2. The average Bonchev–Trinajstić information content (AvgIpc) is 3.42. The topological polar surface area (TPSA) is 123 Å². The zero-order valence-corrected chi connectivity index (χ0v) is 24.2. The Hall–Kier alpha value is -4.48. The molecule has 0 spiro atoms. The molecule has 0 bridgehead atoms. The quantitative estimate of drug-likeness (QED) is 0.191. The minimum atomic E-state index is -3.44. The van der Waals surface area contributed by atoms with Crippen LogP contribution in [0, 0.1) is 5.82 Å². The highest BCUT2D eigenvalue weighted by atomic mass is 35.5. The molecule has 0 radical (unpaired) electrons. The summed E-state index contributed by atoms with van der Waals surface area (Å²) in [7, 11) is -3.44. The molecule has 2 heterocycles. The second-order valence-corrected chi connectivity index (χ2v) is 12.3. The number of ether oxygens (including phenoxy) is 1. The van der Waals surface area contributed by atoms with E-state index in [9.17, 15) is 17.6 Å². The number of sulfone groups is 1. The molecule has 1 atom stereocenters. The summed E-state index contributed by atoms with van der Waals surface area (Å²) in [6, 6.07) is 19.9. The molecule has 216 valence electrons. The van der Waals surface area contributed by atoms with Crippen LogP contribution in [0.4, 0.5) is 15.9 Å². The van der Waals surface area contributed by atoms with Gasteiger partial charge in [0.1, 0.15) is 47.6 Å². The molecule has 0 aliphatic rings. The molecule has 2 N–H and O–H groups in total. The smallest absolute Gasteiger partial charge is 0.235 e. The number of nitrogens with zero attached hydrogens (tertiary/aromatic N) is 2. The number of halogens is 2. The van der Waals surface area contributed by atoms with Crippen LogP contribution < -0.4 is 15.4 Å². The maximum absolute atomic E-state index is 13.4. The first-order valence-electron chi connectivity index (χ1n) is 12.8. The Bertz CT molecular complexity index is 1880. The van der Waals surface area contributed by atoms with Crippen LogP contribution in [0.3, 0.4) is 0 Å². The van der Waals surface area contributed by atoms with Crippen molar-refractivity contribution in [1.29, 1.82) is 0 Å². The molecule has 0 aliphatic heterocycles. The van der Waals surface area contributed by atoms with Crippen molar-refractivity contribution in [3.05, 3.63) is 101 Å². The van der Waals surface area contributed by atoms with Crippen LogP contribution >= 0.6 is 11.6 Å². The highest BCUT2D eigenvalue weighted by Crippen LogP contribution is 2.33. The van der Waals surface area contributed by atoms with Crippen molar-refractivity contribution >= 4 is 49.8 Å². The number of rotatable bonds is 10. The molecular weight excluding hydrogens is 583 g/mol. The van der Waals surface area contributed by atoms with Crippen molar-refractivity contribution in [3.63, 3.8) is 0 Å². The summed E-state index contributed by atoms with van der Waals surface area (Å²) in [4.78, 5) is 20.8. The fourth-order valence-electron chi connectivity index (χ4n) is 4.26. The number of furan rings is 1. The maximum atomic E-state index is 13.4. The summed E-state index contributed by atoms with van der Waals surface area (Å²) in [6.45, 7) is 1.88. The van der Waals surface area contributed by atoms with Gasteiger partial charge in [-0.2, -0.15) is 0 Å². The van der Waals surface area contributed by atoms with Crippen LogP contribution in [0.15, 0.2) is 83.5 Å². The number of aromatic nitrogens is 2. The highest BCUT2D eigenvalue weighted by molar-refractivity contribution is 7.91. The summed E-state index contributed by atoms with van der Waals surface area (Å²) < 4.78 is 48.0. The van der Waals surface area contributed by atoms with E-state index in [4.69, 9.17) is 20.8 Å². The van der Waals surface area contributed by atoms with Gasteiger partial charge in [-0.05, 0) is 73.2 Å². The molecule has 9 nitrogen and oxygen atoms in total. The summed E-state index contributed by atoms with van der Waals surface area (Å²) >= 11 is 6.47. The number of fused-ring (bicyclic) bond motifs is 1. The third kappa shape index (κ3) is 7.23. The number of nitrogens with one attached hydrogen (secondary N) is 2. The lowest BCUT2D eigenvalue weighted by molar-refractivity contribution is -0.119. The van der Waals surface area contributed by atoms with Gasteiger partial charge in [-0.15, -0.1) is 0 Å². The van der Waals surface area contributed by atoms with E-state index in [0.29, 0.717) is 44.9 Å². The van der Waals surface area contributed by atoms with E-state index < -0.39 is 27.5 Å². The molecule has 0 saturated heterocycles. The molecule has 5 rings (SSSR count). The average molecular weight is 609 g/mol. The Morgan fingerprint density at radius 2 is 1.90 bits per heavy atom. The van der Waals surface area contributed by atoms with Gasteiger partial charge in [0.2, 0.25) is 5.91 Å². The fraction of sp³-hybridized carbons (Fsp3) is 0.167. The molecule has 2 aromatic heterocycles. The summed E-state index contributed by atoms with van der Waals surface area (Å²) in [6.07, 6.45) is 2.46. The zero-order chi connectivity index (χ0) is 29.9.